The standard InChI is InChI=1S/C25H26FN3O5/c1-10-4-5-13(15(26)6-10)12(3)27-24(32)14-8-28-9-18-29(25(33)21(28)23(31)22(14)30)16-7-17(34-18)20-11(2)19(16)20/h4-6,8,11-12,16-20,31H,7,9H2,1-3H3,(H,27,32)/t11-,12-,16?,17?,18-,19-,20+/m1/s1. The van der Waals surface area contributed by atoms with Gasteiger partial charge in [0.2, 0.25) is 5.43 Å². The minimum atomic E-state index is -0.924. The van der Waals surface area contributed by atoms with Crippen LogP contribution in [-0.2, 0) is 11.3 Å². The third-order valence-corrected chi connectivity index (χ3v) is 8.13. The van der Waals surface area contributed by atoms with Crippen molar-refractivity contribution in [1.29, 1.82) is 0 Å². The van der Waals surface area contributed by atoms with Gasteiger partial charge in [0.1, 0.15) is 11.4 Å². The molecule has 178 valence electrons. The molecule has 2 aliphatic carbocycles. The molecule has 3 heterocycles. The maximum atomic E-state index is 14.3. The number of fused-ring (bicyclic) bond motifs is 8. The highest BCUT2D eigenvalue weighted by molar-refractivity contribution is 5.99. The van der Waals surface area contributed by atoms with Gasteiger partial charge in [-0.15, -0.1) is 0 Å². The first kappa shape index (κ1) is 21.3. The number of ether oxygens (including phenoxy) is 1. The van der Waals surface area contributed by atoms with Crippen LogP contribution in [0, 0.1) is 30.5 Å². The number of benzene rings is 1. The van der Waals surface area contributed by atoms with Crippen molar-refractivity contribution in [3.8, 4) is 5.75 Å². The van der Waals surface area contributed by atoms with E-state index in [0.717, 1.165) is 12.0 Å². The van der Waals surface area contributed by atoms with Crippen molar-refractivity contribution in [2.45, 2.75) is 58.2 Å². The number of amides is 2. The van der Waals surface area contributed by atoms with Crippen LogP contribution in [0.1, 0.15) is 58.3 Å². The van der Waals surface area contributed by atoms with Gasteiger partial charge >= 0.3 is 0 Å². The highest BCUT2D eigenvalue weighted by atomic mass is 19.1. The fourth-order valence-electron chi connectivity index (χ4n) is 6.42. The maximum Gasteiger partial charge on any atom is 0.276 e. The molecule has 6 rings (SSSR count). The predicted octanol–water partition coefficient (Wildman–Crippen LogP) is 2.33. The zero-order valence-corrected chi connectivity index (χ0v) is 19.1. The summed E-state index contributed by atoms with van der Waals surface area (Å²) in [6, 6.07) is 4.03. The van der Waals surface area contributed by atoms with Crippen LogP contribution in [0.4, 0.5) is 4.39 Å². The molecule has 2 amide bonds. The lowest BCUT2D eigenvalue weighted by Gasteiger charge is -2.46. The Morgan fingerprint density at radius 2 is 2.06 bits per heavy atom. The number of hydrogen-bond acceptors (Lipinski definition) is 5. The Morgan fingerprint density at radius 3 is 2.79 bits per heavy atom. The van der Waals surface area contributed by atoms with Crippen LogP contribution >= 0.6 is 0 Å². The minimum Gasteiger partial charge on any atom is -0.503 e. The fraction of sp³-hybridized carbons (Fsp3) is 0.480. The molecule has 2 saturated carbocycles. The molecule has 7 atom stereocenters. The molecule has 2 bridgehead atoms. The lowest BCUT2D eigenvalue weighted by atomic mass is 10.00. The molecule has 2 aromatic rings. The quantitative estimate of drug-likeness (QED) is 0.722. The number of carbonyl (C=O) groups excluding carboxylic acids is 2. The number of halogens is 1. The zero-order valence-electron chi connectivity index (χ0n) is 19.1. The molecule has 2 aliphatic heterocycles. The van der Waals surface area contributed by atoms with Crippen molar-refractivity contribution in [3.05, 3.63) is 62.8 Å². The molecule has 1 aromatic carbocycles. The molecule has 1 saturated heterocycles. The SMILES string of the molecule is Cc1ccc([C@@H](C)NC(=O)c2cn3c(c(O)c2=O)C(=O)N2C4CC(O[C@@H]2C3)[C@@H]2[C@H](C)[C@H]42)c(F)c1. The Bertz CT molecular complexity index is 1310. The van der Waals surface area contributed by atoms with Crippen LogP contribution in [0.15, 0.2) is 29.2 Å². The minimum absolute atomic E-state index is 0.0488. The number of nitrogens with one attached hydrogen (secondary N) is 1. The van der Waals surface area contributed by atoms with Crippen LogP contribution < -0.4 is 10.7 Å². The number of carbonyl (C=O) groups is 2. The first-order chi connectivity index (χ1) is 16.2. The highest BCUT2D eigenvalue weighted by Gasteiger charge is 2.67. The number of hydrogen-bond donors (Lipinski definition) is 2. The van der Waals surface area contributed by atoms with Gasteiger partial charge in [0.05, 0.1) is 18.7 Å². The molecule has 9 heteroatoms. The van der Waals surface area contributed by atoms with Crippen molar-refractivity contribution in [3.63, 3.8) is 0 Å². The van der Waals surface area contributed by atoms with Crippen LogP contribution in [0.2, 0.25) is 0 Å². The lowest BCUT2D eigenvalue weighted by Crippen LogP contribution is -2.58. The molecule has 1 aromatic heterocycles. The first-order valence-electron chi connectivity index (χ1n) is 11.7. The third-order valence-electron chi connectivity index (χ3n) is 8.13. The van der Waals surface area contributed by atoms with E-state index < -0.39 is 41.1 Å². The second kappa shape index (κ2) is 7.15. The number of nitrogens with zero attached hydrogens (tertiary/aromatic N) is 2. The van der Waals surface area contributed by atoms with Gasteiger partial charge in [-0.25, -0.2) is 4.39 Å². The van der Waals surface area contributed by atoms with E-state index in [1.807, 2.05) is 0 Å². The summed E-state index contributed by atoms with van der Waals surface area (Å²) in [6.07, 6.45) is 1.69. The average Bonchev–Trinajstić information content (AvgIpc) is 3.35. The van der Waals surface area contributed by atoms with Crippen molar-refractivity contribution < 1.29 is 23.8 Å². The number of aromatic hydroxyl groups is 1. The number of pyridine rings is 1. The van der Waals surface area contributed by atoms with Gasteiger partial charge in [-0.2, -0.15) is 0 Å². The number of aromatic nitrogens is 1. The molecule has 2 unspecified atom stereocenters. The molecule has 2 N–H and O–H groups in total. The summed E-state index contributed by atoms with van der Waals surface area (Å²) < 4.78 is 22.0. The van der Waals surface area contributed by atoms with Crippen LogP contribution in [0.25, 0.3) is 0 Å². The average molecular weight is 467 g/mol. The fourth-order valence-corrected chi connectivity index (χ4v) is 6.42. The van der Waals surface area contributed by atoms with Crippen molar-refractivity contribution in [2.75, 3.05) is 0 Å². The van der Waals surface area contributed by atoms with E-state index >= 15 is 0 Å². The molecule has 34 heavy (non-hydrogen) atoms. The predicted molar refractivity (Wildman–Crippen MR) is 119 cm³/mol. The van der Waals surface area contributed by atoms with Gasteiger partial charge in [-0.1, -0.05) is 19.1 Å². The van der Waals surface area contributed by atoms with Gasteiger partial charge in [-0.05, 0) is 49.7 Å². The summed E-state index contributed by atoms with van der Waals surface area (Å²) in [4.78, 5) is 40.9. The normalized spacial score (nSPS) is 31.4. The molecular weight excluding hydrogens is 441 g/mol. The molecular formula is C25H26FN3O5. The summed E-state index contributed by atoms with van der Waals surface area (Å²) in [5, 5.41) is 13.3. The van der Waals surface area contributed by atoms with E-state index in [4.69, 9.17) is 4.74 Å². The van der Waals surface area contributed by atoms with Crippen molar-refractivity contribution in [1.82, 2.24) is 14.8 Å². The Kier molecular flexibility index (Phi) is 4.49. The van der Waals surface area contributed by atoms with Crippen molar-refractivity contribution >= 4 is 11.8 Å². The third kappa shape index (κ3) is 2.89. The van der Waals surface area contributed by atoms with Gasteiger partial charge in [0.15, 0.2) is 17.7 Å². The Hall–Kier alpha value is -3.20. The second-order valence-corrected chi connectivity index (χ2v) is 10.1. The molecule has 3 fully saturated rings. The van der Waals surface area contributed by atoms with E-state index in [9.17, 15) is 23.9 Å². The Labute approximate surface area is 195 Å². The monoisotopic (exact) mass is 467 g/mol. The number of rotatable bonds is 3. The second-order valence-electron chi connectivity index (χ2n) is 10.1. The first-order valence-corrected chi connectivity index (χ1v) is 11.7. The van der Waals surface area contributed by atoms with E-state index in [0.29, 0.717) is 17.8 Å². The summed E-state index contributed by atoms with van der Waals surface area (Å²) in [5.74, 6) is -1.06. The molecule has 0 radical (unpaired) electrons. The Balaban J connectivity index is 1.31. The summed E-state index contributed by atoms with van der Waals surface area (Å²) in [5.41, 5.74) is -0.314. The largest absolute Gasteiger partial charge is 0.503 e. The lowest BCUT2D eigenvalue weighted by molar-refractivity contribution is -0.147. The van der Waals surface area contributed by atoms with Crippen molar-refractivity contribution in [2.24, 2.45) is 17.8 Å². The van der Waals surface area contributed by atoms with E-state index in [2.05, 4.69) is 12.2 Å². The van der Waals surface area contributed by atoms with Crippen LogP contribution in [0.5, 0.6) is 5.75 Å². The van der Waals surface area contributed by atoms with E-state index in [-0.39, 0.29) is 35.5 Å². The Morgan fingerprint density at radius 1 is 1.29 bits per heavy atom. The number of aryl methyl sites for hydroxylation is 1. The topological polar surface area (TPSA) is 101 Å². The smallest absolute Gasteiger partial charge is 0.276 e. The zero-order chi connectivity index (χ0) is 24.0. The van der Waals surface area contributed by atoms with Gasteiger partial charge in [0, 0.05) is 17.8 Å². The van der Waals surface area contributed by atoms with Gasteiger partial charge in [-0.3, -0.25) is 14.4 Å². The summed E-state index contributed by atoms with van der Waals surface area (Å²) >= 11 is 0. The highest BCUT2D eigenvalue weighted by Crippen LogP contribution is 2.62. The van der Waals surface area contributed by atoms with Crippen LogP contribution in [0.3, 0.4) is 0 Å². The van der Waals surface area contributed by atoms with Gasteiger partial charge in [0.25, 0.3) is 11.8 Å². The molecule has 0 spiro atoms. The van der Waals surface area contributed by atoms with E-state index in [1.54, 1.807) is 30.9 Å². The molecule has 4 aliphatic rings. The van der Waals surface area contributed by atoms with Crippen LogP contribution in [-0.4, -0.2) is 44.8 Å². The summed E-state index contributed by atoms with van der Waals surface area (Å²) in [7, 11) is 0. The summed E-state index contributed by atoms with van der Waals surface area (Å²) in [6.45, 7) is 5.76. The maximum absolute atomic E-state index is 14.3. The van der Waals surface area contributed by atoms with Gasteiger partial charge < -0.3 is 24.6 Å². The van der Waals surface area contributed by atoms with E-state index in [1.165, 1.54) is 16.8 Å². The molecule has 8 nitrogen and oxygen atoms in total.